The maximum absolute atomic E-state index is 14.0. The molecule has 36 heavy (non-hydrogen) atoms. The molecule has 3 amide bonds. The average Bonchev–Trinajstić information content (AvgIpc) is 3.44. The second-order valence-corrected chi connectivity index (χ2v) is 9.25. The second kappa shape index (κ2) is 11.6. The molecule has 0 radical (unpaired) electrons. The fourth-order valence-corrected chi connectivity index (χ4v) is 4.72. The molecular weight excluding hydrogens is 479 g/mol. The van der Waals surface area contributed by atoms with Gasteiger partial charge in [0.25, 0.3) is 11.8 Å². The number of hydrogen-bond donors (Lipinski definition) is 1. The van der Waals surface area contributed by atoms with Gasteiger partial charge < -0.3 is 20.0 Å². The van der Waals surface area contributed by atoms with E-state index in [-0.39, 0.29) is 36.4 Å². The number of carbonyl (C=O) groups excluding carboxylic acids is 3. The quantitative estimate of drug-likeness (QED) is 0.467. The summed E-state index contributed by atoms with van der Waals surface area (Å²) in [6.45, 7) is 6.08. The maximum Gasteiger partial charge on any atom is 0.264 e. The van der Waals surface area contributed by atoms with E-state index in [1.165, 1.54) is 28.4 Å². The molecule has 9 heteroatoms. The van der Waals surface area contributed by atoms with Gasteiger partial charge in [-0.2, -0.15) is 0 Å². The average molecular weight is 507 g/mol. The Hall–Kier alpha value is -3.98. The Labute approximate surface area is 213 Å². The Bertz CT molecular complexity index is 1220. The van der Waals surface area contributed by atoms with Crippen molar-refractivity contribution < 1.29 is 18.8 Å². The monoisotopic (exact) mass is 506 g/mol. The van der Waals surface area contributed by atoms with Crippen molar-refractivity contribution in [2.45, 2.75) is 0 Å². The van der Waals surface area contributed by atoms with Crippen LogP contribution in [0.15, 0.2) is 78.7 Å². The highest BCUT2D eigenvalue weighted by atomic mass is 32.1. The normalized spacial score (nSPS) is 13.2. The van der Waals surface area contributed by atoms with Crippen LogP contribution in [0.1, 0.15) is 20.0 Å². The number of benzene rings is 2. The van der Waals surface area contributed by atoms with E-state index in [0.717, 1.165) is 5.69 Å². The Balaban J connectivity index is 1.30. The second-order valence-electron chi connectivity index (χ2n) is 8.31. The summed E-state index contributed by atoms with van der Waals surface area (Å²) in [6.07, 6.45) is 1.59. The van der Waals surface area contributed by atoms with Gasteiger partial charge in [0.15, 0.2) is 0 Å². The molecule has 1 fully saturated rings. The van der Waals surface area contributed by atoms with Gasteiger partial charge in [-0.1, -0.05) is 24.3 Å². The predicted octanol–water partition coefficient (Wildman–Crippen LogP) is 4.12. The van der Waals surface area contributed by atoms with Gasteiger partial charge in [-0.25, -0.2) is 4.39 Å². The van der Waals surface area contributed by atoms with Crippen molar-refractivity contribution in [1.82, 2.24) is 9.80 Å². The lowest BCUT2D eigenvalue weighted by atomic mass is 10.1. The summed E-state index contributed by atoms with van der Waals surface area (Å²) in [4.78, 5) is 43.7. The number of amides is 3. The molecule has 0 aliphatic carbocycles. The fraction of sp³-hybridized carbons (Fsp3) is 0.222. The molecule has 1 aliphatic rings. The summed E-state index contributed by atoms with van der Waals surface area (Å²) in [5.74, 6) is -1.31. The first-order chi connectivity index (χ1) is 17.5. The molecule has 7 nitrogen and oxygen atoms in total. The van der Waals surface area contributed by atoms with Crippen LogP contribution in [0.2, 0.25) is 0 Å². The Morgan fingerprint density at radius 2 is 1.72 bits per heavy atom. The molecule has 0 bridgehead atoms. The molecule has 1 saturated heterocycles. The van der Waals surface area contributed by atoms with E-state index in [1.807, 2.05) is 29.6 Å². The van der Waals surface area contributed by atoms with Gasteiger partial charge >= 0.3 is 0 Å². The highest BCUT2D eigenvalue weighted by Gasteiger charge is 2.24. The molecule has 2 heterocycles. The highest BCUT2D eigenvalue weighted by molar-refractivity contribution is 7.12. The Morgan fingerprint density at radius 1 is 1.00 bits per heavy atom. The van der Waals surface area contributed by atoms with E-state index in [9.17, 15) is 18.8 Å². The van der Waals surface area contributed by atoms with E-state index < -0.39 is 5.82 Å². The molecule has 0 spiro atoms. The number of nitrogens with one attached hydrogen (secondary N) is 1. The standard InChI is InChI=1S/C27H27FN4O3S/c1-2-13-32(27(35)24-8-5-18-36-24)19-25(33)29-20-9-11-21(12-10-20)30-14-16-31(17-15-30)26(34)22-6-3-4-7-23(22)28/h2-12,18H,1,13-17,19H2,(H,29,33). The van der Waals surface area contributed by atoms with Crippen molar-refractivity contribution >= 4 is 40.4 Å². The number of rotatable bonds is 8. The predicted molar refractivity (Wildman–Crippen MR) is 140 cm³/mol. The van der Waals surface area contributed by atoms with Crippen LogP contribution in [0, 0.1) is 5.82 Å². The lowest BCUT2D eigenvalue weighted by molar-refractivity contribution is -0.116. The highest BCUT2D eigenvalue weighted by Crippen LogP contribution is 2.21. The molecule has 2 aromatic carbocycles. The summed E-state index contributed by atoms with van der Waals surface area (Å²) >= 11 is 1.33. The first-order valence-corrected chi connectivity index (χ1v) is 12.5. The summed E-state index contributed by atoms with van der Waals surface area (Å²) < 4.78 is 14.0. The van der Waals surface area contributed by atoms with Gasteiger partial charge in [-0.3, -0.25) is 14.4 Å². The van der Waals surface area contributed by atoms with Gasteiger partial charge in [0, 0.05) is 44.1 Å². The summed E-state index contributed by atoms with van der Waals surface area (Å²) in [5.41, 5.74) is 1.68. The number of hydrogen-bond acceptors (Lipinski definition) is 5. The molecule has 0 saturated carbocycles. The number of anilines is 2. The van der Waals surface area contributed by atoms with Gasteiger partial charge in [0.2, 0.25) is 5.91 Å². The molecule has 4 rings (SSSR count). The fourth-order valence-electron chi connectivity index (χ4n) is 4.03. The number of nitrogens with zero attached hydrogens (tertiary/aromatic N) is 3. The number of halogens is 1. The van der Waals surface area contributed by atoms with Crippen molar-refractivity contribution in [2.24, 2.45) is 0 Å². The van der Waals surface area contributed by atoms with Crippen LogP contribution in [0.5, 0.6) is 0 Å². The summed E-state index contributed by atoms with van der Waals surface area (Å²) in [7, 11) is 0. The first kappa shape index (κ1) is 25.1. The van der Waals surface area contributed by atoms with Gasteiger partial charge in [-0.15, -0.1) is 17.9 Å². The van der Waals surface area contributed by atoms with Gasteiger partial charge in [0.1, 0.15) is 12.4 Å². The topological polar surface area (TPSA) is 73.0 Å². The molecule has 3 aromatic rings. The number of carbonyl (C=O) groups is 3. The zero-order valence-corrected chi connectivity index (χ0v) is 20.5. The maximum atomic E-state index is 14.0. The zero-order valence-electron chi connectivity index (χ0n) is 19.7. The van der Waals surface area contributed by atoms with E-state index in [2.05, 4.69) is 16.8 Å². The van der Waals surface area contributed by atoms with Gasteiger partial charge in [0.05, 0.1) is 10.4 Å². The van der Waals surface area contributed by atoms with E-state index >= 15 is 0 Å². The van der Waals surface area contributed by atoms with Crippen LogP contribution >= 0.6 is 11.3 Å². The third-order valence-electron chi connectivity index (χ3n) is 5.89. The SMILES string of the molecule is C=CCN(CC(=O)Nc1ccc(N2CCN(C(=O)c3ccccc3F)CC2)cc1)C(=O)c1cccs1. The van der Waals surface area contributed by atoms with E-state index in [0.29, 0.717) is 36.7 Å². The molecule has 186 valence electrons. The van der Waals surface area contributed by atoms with Crippen LogP contribution in [0.3, 0.4) is 0 Å². The van der Waals surface area contributed by atoms with Gasteiger partial charge in [-0.05, 0) is 47.8 Å². The van der Waals surface area contributed by atoms with Crippen LogP contribution in [0.4, 0.5) is 15.8 Å². The number of piperazine rings is 1. The minimum atomic E-state index is -0.508. The number of thiophene rings is 1. The van der Waals surface area contributed by atoms with Crippen molar-refractivity contribution in [3.8, 4) is 0 Å². The minimum Gasteiger partial charge on any atom is -0.368 e. The smallest absolute Gasteiger partial charge is 0.264 e. The lowest BCUT2D eigenvalue weighted by Crippen LogP contribution is -2.49. The van der Waals surface area contributed by atoms with Crippen molar-refractivity contribution in [2.75, 3.05) is 49.5 Å². The molecular formula is C27H27FN4O3S. The van der Waals surface area contributed by atoms with Crippen LogP contribution in [0.25, 0.3) is 0 Å². The summed E-state index contributed by atoms with van der Waals surface area (Å²) in [5, 5.41) is 4.66. The molecule has 1 aliphatic heterocycles. The third-order valence-corrected chi connectivity index (χ3v) is 6.75. The Morgan fingerprint density at radius 3 is 2.36 bits per heavy atom. The van der Waals surface area contributed by atoms with Crippen molar-refractivity contribution in [3.63, 3.8) is 0 Å². The molecule has 1 N–H and O–H groups in total. The lowest BCUT2D eigenvalue weighted by Gasteiger charge is -2.36. The first-order valence-electron chi connectivity index (χ1n) is 11.6. The van der Waals surface area contributed by atoms with Crippen LogP contribution < -0.4 is 10.2 Å². The molecule has 0 atom stereocenters. The molecule has 0 unspecified atom stereocenters. The van der Waals surface area contributed by atoms with Crippen LogP contribution in [-0.2, 0) is 4.79 Å². The van der Waals surface area contributed by atoms with Crippen molar-refractivity contribution in [1.29, 1.82) is 0 Å². The third kappa shape index (κ3) is 5.98. The minimum absolute atomic E-state index is 0.0809. The van der Waals surface area contributed by atoms with Crippen molar-refractivity contribution in [3.05, 3.63) is 95.0 Å². The largest absolute Gasteiger partial charge is 0.368 e. The zero-order chi connectivity index (χ0) is 25.5. The van der Waals surface area contributed by atoms with Crippen LogP contribution in [-0.4, -0.2) is 66.8 Å². The van der Waals surface area contributed by atoms with E-state index in [1.54, 1.807) is 35.2 Å². The van der Waals surface area contributed by atoms with E-state index in [4.69, 9.17) is 0 Å². The Kier molecular flexibility index (Phi) is 8.12. The summed E-state index contributed by atoms with van der Waals surface area (Å²) in [6, 6.07) is 17.0. The molecule has 1 aromatic heterocycles.